The molecule has 3 heterocycles. The Labute approximate surface area is 133 Å². The lowest BCUT2D eigenvalue weighted by molar-refractivity contribution is 0.0724. The third-order valence-corrected chi connectivity index (χ3v) is 4.18. The van der Waals surface area contributed by atoms with Crippen LogP contribution in [0.25, 0.3) is 5.69 Å². The molecule has 6 nitrogen and oxygen atoms in total. The van der Waals surface area contributed by atoms with Gasteiger partial charge < -0.3 is 9.88 Å². The van der Waals surface area contributed by atoms with Crippen molar-refractivity contribution in [3.63, 3.8) is 0 Å². The molecule has 0 aliphatic carbocycles. The first kappa shape index (κ1) is 13.8. The van der Waals surface area contributed by atoms with Crippen molar-refractivity contribution in [2.45, 2.75) is 18.9 Å². The van der Waals surface area contributed by atoms with Gasteiger partial charge in [0.2, 0.25) is 0 Å². The normalized spacial score (nSPS) is 17.6. The summed E-state index contributed by atoms with van der Waals surface area (Å²) in [5, 5.41) is 4.44. The van der Waals surface area contributed by atoms with Crippen LogP contribution in [0.2, 0.25) is 0 Å². The number of benzene rings is 1. The van der Waals surface area contributed by atoms with Gasteiger partial charge in [0.1, 0.15) is 5.82 Å². The second-order valence-electron chi connectivity index (χ2n) is 5.61. The SMILES string of the molecule is O=C(c1ccn(-c2ccccc2)n1)N1CCC[C@H]1c1ncc[nH]1. The maximum Gasteiger partial charge on any atom is 0.274 e. The fourth-order valence-corrected chi connectivity index (χ4v) is 3.06. The zero-order valence-corrected chi connectivity index (χ0v) is 12.6. The van der Waals surface area contributed by atoms with Crippen molar-refractivity contribution in [3.8, 4) is 5.69 Å². The Hall–Kier alpha value is -2.89. The van der Waals surface area contributed by atoms with Crippen molar-refractivity contribution in [2.75, 3.05) is 6.54 Å². The first-order valence-corrected chi connectivity index (χ1v) is 7.74. The van der Waals surface area contributed by atoms with Gasteiger partial charge in [0.25, 0.3) is 5.91 Å². The highest BCUT2D eigenvalue weighted by Crippen LogP contribution is 2.30. The molecular formula is C17H17N5O. The Morgan fingerprint density at radius 2 is 2.09 bits per heavy atom. The monoisotopic (exact) mass is 307 g/mol. The smallest absolute Gasteiger partial charge is 0.274 e. The van der Waals surface area contributed by atoms with Gasteiger partial charge in [-0.05, 0) is 31.0 Å². The van der Waals surface area contributed by atoms with Crippen LogP contribution in [0.3, 0.4) is 0 Å². The molecule has 116 valence electrons. The van der Waals surface area contributed by atoms with Crippen LogP contribution in [0.15, 0.2) is 55.0 Å². The van der Waals surface area contributed by atoms with E-state index in [1.54, 1.807) is 23.1 Å². The number of hydrogen-bond acceptors (Lipinski definition) is 3. The molecule has 1 N–H and O–H groups in total. The minimum absolute atomic E-state index is 0.0133. The molecular weight excluding hydrogens is 290 g/mol. The molecule has 0 radical (unpaired) electrons. The molecule has 4 rings (SSSR count). The topological polar surface area (TPSA) is 66.8 Å². The molecule has 0 spiro atoms. The van der Waals surface area contributed by atoms with Gasteiger partial charge in [0.05, 0.1) is 11.7 Å². The first-order chi connectivity index (χ1) is 11.3. The number of aromatic nitrogens is 4. The Morgan fingerprint density at radius 3 is 2.87 bits per heavy atom. The summed E-state index contributed by atoms with van der Waals surface area (Å²) < 4.78 is 1.73. The Balaban J connectivity index is 1.59. The minimum Gasteiger partial charge on any atom is -0.347 e. The molecule has 1 atom stereocenters. The van der Waals surface area contributed by atoms with E-state index in [4.69, 9.17) is 0 Å². The van der Waals surface area contributed by atoms with Crippen molar-refractivity contribution < 1.29 is 4.79 Å². The van der Waals surface area contributed by atoms with Gasteiger partial charge in [0.15, 0.2) is 5.69 Å². The number of carbonyl (C=O) groups excluding carboxylic acids is 1. The number of rotatable bonds is 3. The van der Waals surface area contributed by atoms with Crippen LogP contribution in [-0.4, -0.2) is 37.1 Å². The number of nitrogens with one attached hydrogen (secondary N) is 1. The standard InChI is InChI=1S/C17H17N5O/c23-17(21-11-4-7-15(21)16-18-9-10-19-16)14-8-12-22(20-14)13-5-2-1-3-6-13/h1-3,5-6,8-10,12,15H,4,7,11H2,(H,18,19)/t15-/m0/s1. The lowest BCUT2D eigenvalue weighted by Gasteiger charge is -2.22. The zero-order valence-electron chi connectivity index (χ0n) is 12.6. The van der Waals surface area contributed by atoms with Crippen LogP contribution in [-0.2, 0) is 0 Å². The number of hydrogen-bond donors (Lipinski definition) is 1. The van der Waals surface area contributed by atoms with Gasteiger partial charge >= 0.3 is 0 Å². The number of para-hydroxylation sites is 1. The number of imidazole rings is 1. The number of aromatic amines is 1. The molecule has 6 heteroatoms. The first-order valence-electron chi connectivity index (χ1n) is 7.74. The molecule has 1 amide bonds. The van der Waals surface area contributed by atoms with Crippen LogP contribution >= 0.6 is 0 Å². The van der Waals surface area contributed by atoms with E-state index in [2.05, 4.69) is 15.1 Å². The van der Waals surface area contributed by atoms with Crippen LogP contribution < -0.4 is 0 Å². The molecule has 1 aliphatic rings. The molecule has 23 heavy (non-hydrogen) atoms. The van der Waals surface area contributed by atoms with Crippen LogP contribution in [0, 0.1) is 0 Å². The Bertz CT molecular complexity index is 794. The second kappa shape index (κ2) is 5.72. The van der Waals surface area contributed by atoms with E-state index in [9.17, 15) is 4.79 Å². The number of H-pyrrole nitrogens is 1. The summed E-state index contributed by atoms with van der Waals surface area (Å²) in [4.78, 5) is 22.1. The predicted molar refractivity (Wildman–Crippen MR) is 85.2 cm³/mol. The second-order valence-corrected chi connectivity index (χ2v) is 5.61. The van der Waals surface area contributed by atoms with Crippen LogP contribution in [0.4, 0.5) is 0 Å². The van der Waals surface area contributed by atoms with Crippen molar-refractivity contribution in [1.82, 2.24) is 24.6 Å². The fraction of sp³-hybridized carbons (Fsp3) is 0.235. The molecule has 1 aromatic carbocycles. The average Bonchev–Trinajstić information content (AvgIpc) is 3.34. The van der Waals surface area contributed by atoms with Gasteiger partial charge in [-0.3, -0.25) is 4.79 Å². The van der Waals surface area contributed by atoms with E-state index in [0.717, 1.165) is 30.9 Å². The van der Waals surface area contributed by atoms with Crippen LogP contribution in [0.1, 0.15) is 35.2 Å². The van der Waals surface area contributed by atoms with E-state index in [1.807, 2.05) is 41.4 Å². The summed E-state index contributed by atoms with van der Waals surface area (Å²) in [5.41, 5.74) is 1.41. The molecule has 1 fully saturated rings. The molecule has 0 unspecified atom stereocenters. The maximum atomic E-state index is 12.8. The summed E-state index contributed by atoms with van der Waals surface area (Å²) in [6, 6.07) is 11.6. The third-order valence-electron chi connectivity index (χ3n) is 4.18. The quantitative estimate of drug-likeness (QED) is 0.808. The van der Waals surface area contributed by atoms with E-state index in [1.165, 1.54) is 0 Å². The zero-order chi connectivity index (χ0) is 15.6. The highest BCUT2D eigenvalue weighted by molar-refractivity contribution is 5.92. The number of carbonyl (C=O) groups is 1. The summed E-state index contributed by atoms with van der Waals surface area (Å²) in [6.45, 7) is 0.738. The van der Waals surface area contributed by atoms with Crippen molar-refractivity contribution in [3.05, 3.63) is 66.5 Å². The minimum atomic E-state index is -0.0430. The highest BCUT2D eigenvalue weighted by Gasteiger charge is 2.33. The number of likely N-dealkylation sites (tertiary alicyclic amines) is 1. The summed E-state index contributed by atoms with van der Waals surface area (Å²) >= 11 is 0. The van der Waals surface area contributed by atoms with Gasteiger partial charge in [-0.1, -0.05) is 18.2 Å². The molecule has 0 bridgehead atoms. The van der Waals surface area contributed by atoms with Gasteiger partial charge in [-0.25, -0.2) is 9.67 Å². The van der Waals surface area contributed by atoms with Crippen molar-refractivity contribution >= 4 is 5.91 Å². The maximum absolute atomic E-state index is 12.8. The fourth-order valence-electron chi connectivity index (χ4n) is 3.06. The van der Waals surface area contributed by atoms with Gasteiger partial charge in [-0.15, -0.1) is 0 Å². The van der Waals surface area contributed by atoms with E-state index >= 15 is 0 Å². The Morgan fingerprint density at radius 1 is 1.22 bits per heavy atom. The predicted octanol–water partition coefficient (Wildman–Crippen LogP) is 2.57. The van der Waals surface area contributed by atoms with Crippen molar-refractivity contribution in [2.24, 2.45) is 0 Å². The van der Waals surface area contributed by atoms with E-state index in [-0.39, 0.29) is 11.9 Å². The molecule has 3 aromatic rings. The number of amides is 1. The summed E-state index contributed by atoms with van der Waals surface area (Å²) in [6.07, 6.45) is 7.25. The molecule has 2 aromatic heterocycles. The van der Waals surface area contributed by atoms with Crippen LogP contribution in [0.5, 0.6) is 0 Å². The average molecular weight is 307 g/mol. The lowest BCUT2D eigenvalue weighted by atomic mass is 10.2. The van der Waals surface area contributed by atoms with E-state index < -0.39 is 0 Å². The summed E-state index contributed by atoms with van der Waals surface area (Å²) in [5.74, 6) is 0.803. The lowest BCUT2D eigenvalue weighted by Crippen LogP contribution is -2.31. The molecule has 0 saturated carbocycles. The van der Waals surface area contributed by atoms with Crippen molar-refractivity contribution in [1.29, 1.82) is 0 Å². The Kier molecular flexibility index (Phi) is 3.42. The largest absolute Gasteiger partial charge is 0.347 e. The third kappa shape index (κ3) is 2.52. The highest BCUT2D eigenvalue weighted by atomic mass is 16.2. The van der Waals surface area contributed by atoms with Gasteiger partial charge in [0, 0.05) is 25.1 Å². The van der Waals surface area contributed by atoms with E-state index in [0.29, 0.717) is 5.69 Å². The molecule has 1 aliphatic heterocycles. The summed E-state index contributed by atoms with van der Waals surface area (Å²) in [7, 11) is 0. The van der Waals surface area contributed by atoms with Gasteiger partial charge in [-0.2, -0.15) is 5.10 Å². The molecule has 1 saturated heterocycles. The number of nitrogens with zero attached hydrogens (tertiary/aromatic N) is 4.